The van der Waals surface area contributed by atoms with Gasteiger partial charge < -0.3 is 9.13 Å². The SMILES string of the molecule is c1ccc(-c2ccc3c(n2)-c2nc(-c4ccccc4)ccc2C3(c2ccc3c(c2)c2cc([Si](c4ccccc4)(c4ccccc4)c4ccccc4)ccc2n3-c2ccccc2)c2ccc3c(c2)c2cc([Si](c4ccccc4)(c4ccccc4)c4ccccc4)ccc2n3-c2ccccc2)cc1. The minimum atomic E-state index is -3.01. The zero-order valence-electron chi connectivity index (χ0n) is 55.4. The third-order valence-electron chi connectivity index (χ3n) is 21.5. The maximum Gasteiger partial charge on any atom is 0.179 e. The lowest BCUT2D eigenvalue weighted by molar-refractivity contribution is 0.767. The van der Waals surface area contributed by atoms with Gasteiger partial charge in [-0.25, -0.2) is 9.97 Å². The van der Waals surface area contributed by atoms with E-state index in [1.54, 1.807) is 0 Å². The van der Waals surface area contributed by atoms with Crippen molar-refractivity contribution in [2.45, 2.75) is 5.41 Å². The van der Waals surface area contributed by atoms with Crippen LogP contribution in [0.2, 0.25) is 0 Å². The van der Waals surface area contributed by atoms with Gasteiger partial charge in [-0.15, -0.1) is 0 Å². The van der Waals surface area contributed by atoms with E-state index in [2.05, 4.69) is 410 Å². The Bertz CT molecular complexity index is 5520. The summed E-state index contributed by atoms with van der Waals surface area (Å²) >= 11 is 0. The van der Waals surface area contributed by atoms with Gasteiger partial charge in [0.05, 0.1) is 50.3 Å². The largest absolute Gasteiger partial charge is 0.309 e. The summed E-state index contributed by atoms with van der Waals surface area (Å²) in [7, 11) is -6.03. The van der Waals surface area contributed by atoms with Crippen molar-refractivity contribution in [1.29, 1.82) is 0 Å². The molecule has 0 N–H and O–H groups in total. The van der Waals surface area contributed by atoms with Crippen molar-refractivity contribution in [3.63, 3.8) is 0 Å². The summed E-state index contributed by atoms with van der Waals surface area (Å²) in [6, 6.07) is 150. The van der Waals surface area contributed by atoms with Crippen molar-refractivity contribution in [3.8, 4) is 45.3 Å². The van der Waals surface area contributed by atoms with Crippen LogP contribution in [0.4, 0.5) is 0 Å². The van der Waals surface area contributed by atoms with E-state index in [-0.39, 0.29) is 0 Å². The predicted molar refractivity (Wildman–Crippen MR) is 426 cm³/mol. The Morgan fingerprint density at radius 1 is 0.218 bits per heavy atom. The normalized spacial score (nSPS) is 12.6. The number of hydrogen-bond acceptors (Lipinski definition) is 2. The van der Waals surface area contributed by atoms with Crippen LogP contribution < -0.4 is 41.5 Å². The van der Waals surface area contributed by atoms with Crippen molar-refractivity contribution in [1.82, 2.24) is 19.1 Å². The minimum absolute atomic E-state index is 0.871. The average Bonchev–Trinajstić information content (AvgIpc) is 1.57. The van der Waals surface area contributed by atoms with Crippen LogP contribution >= 0.6 is 0 Å². The molecule has 0 saturated heterocycles. The van der Waals surface area contributed by atoms with Gasteiger partial charge in [0, 0.05) is 44.0 Å². The standard InChI is InChI=1S/C95H66N4Si2/c1-11-31-67(32-12-1)87-57-55-85-93(96-87)94-86(56-58-88(97-94)68-33-13-2-14-34-68)95(85,69-51-59-89-81(63-69)83-65-79(53-61-91(83)98(89)71-35-15-3-16-36-71)100(73-39-19-5-20-40-73,74-41-21-6-22-42-74)75-43-23-7-24-44-75)70-52-60-90-82(64-70)84-66-80(54-62-92(84)99(90)72-37-17-4-18-38-72)101(76-45-25-8-26-46-76,77-47-27-9-28-48-77)78-49-29-10-30-50-78/h1-66H. The highest BCUT2D eigenvalue weighted by atomic mass is 28.3. The zero-order valence-corrected chi connectivity index (χ0v) is 57.4. The molecule has 101 heavy (non-hydrogen) atoms. The van der Waals surface area contributed by atoms with E-state index < -0.39 is 21.6 Å². The number of aromatic nitrogens is 4. The monoisotopic (exact) mass is 1320 g/mol. The van der Waals surface area contributed by atoms with Crippen LogP contribution in [0, 0.1) is 0 Å². The first-order chi connectivity index (χ1) is 50.1. The number of rotatable bonds is 14. The van der Waals surface area contributed by atoms with E-state index in [1.165, 1.54) is 52.3 Å². The maximum absolute atomic E-state index is 5.85. The van der Waals surface area contributed by atoms with E-state index in [0.29, 0.717) is 0 Å². The Morgan fingerprint density at radius 2 is 0.475 bits per heavy atom. The summed E-state index contributed by atoms with van der Waals surface area (Å²) in [5.74, 6) is 0. The van der Waals surface area contributed by atoms with E-state index >= 15 is 0 Å². The van der Waals surface area contributed by atoms with Gasteiger partial charge in [0.25, 0.3) is 0 Å². The molecule has 1 aliphatic rings. The van der Waals surface area contributed by atoms with Gasteiger partial charge in [0.2, 0.25) is 0 Å². The zero-order chi connectivity index (χ0) is 66.9. The second kappa shape index (κ2) is 24.4. The predicted octanol–water partition coefficient (Wildman–Crippen LogP) is 17.1. The number of nitrogens with zero attached hydrogens (tertiary/aromatic N) is 4. The fraction of sp³-hybridized carbons (Fsp3) is 0.0105. The molecule has 0 radical (unpaired) electrons. The molecule has 4 aromatic heterocycles. The summed E-state index contributed by atoms with van der Waals surface area (Å²) in [5, 5.41) is 15.3. The summed E-state index contributed by atoms with van der Waals surface area (Å²) < 4.78 is 4.96. The molecule has 0 atom stereocenters. The van der Waals surface area contributed by atoms with Gasteiger partial charge in [0.1, 0.15) is 0 Å². The molecule has 0 amide bonds. The first-order valence-electron chi connectivity index (χ1n) is 34.9. The Hall–Kier alpha value is -12.6. The summed E-state index contributed by atoms with van der Waals surface area (Å²) in [6.07, 6.45) is 0. The van der Waals surface area contributed by atoms with Crippen molar-refractivity contribution < 1.29 is 0 Å². The lowest BCUT2D eigenvalue weighted by atomic mass is 9.67. The third kappa shape index (κ3) is 9.33. The first-order valence-corrected chi connectivity index (χ1v) is 38.9. The number of benzene rings is 14. The molecule has 6 heteroatoms. The molecule has 0 unspecified atom stereocenters. The number of para-hydroxylation sites is 2. The van der Waals surface area contributed by atoms with E-state index in [4.69, 9.17) is 9.97 Å². The average molecular weight is 1320 g/mol. The van der Waals surface area contributed by atoms with Gasteiger partial charge in [0.15, 0.2) is 16.1 Å². The quantitative estimate of drug-likeness (QED) is 0.0803. The summed E-state index contributed by atoms with van der Waals surface area (Å²) in [4.78, 5) is 11.7. The van der Waals surface area contributed by atoms with Gasteiger partial charge in [-0.05, 0) is 137 Å². The van der Waals surface area contributed by atoms with Gasteiger partial charge in [-0.2, -0.15) is 0 Å². The minimum Gasteiger partial charge on any atom is -0.309 e. The van der Waals surface area contributed by atoms with Crippen LogP contribution in [-0.4, -0.2) is 35.2 Å². The Balaban J connectivity index is 0.944. The molecule has 0 fully saturated rings. The molecule has 18 aromatic rings. The lowest BCUT2D eigenvalue weighted by Crippen LogP contribution is -2.74. The maximum atomic E-state index is 5.85. The molecule has 19 rings (SSSR count). The topological polar surface area (TPSA) is 35.6 Å². The molecule has 0 spiro atoms. The van der Waals surface area contributed by atoms with Gasteiger partial charge in [-0.1, -0.05) is 328 Å². The molecule has 0 aliphatic heterocycles. The van der Waals surface area contributed by atoms with E-state index in [9.17, 15) is 0 Å². The first kappa shape index (κ1) is 59.7. The van der Waals surface area contributed by atoms with Crippen molar-refractivity contribution in [2.24, 2.45) is 0 Å². The summed E-state index contributed by atoms with van der Waals surface area (Å²) in [6.45, 7) is 0. The van der Waals surface area contributed by atoms with E-state index in [1.807, 2.05) is 0 Å². The van der Waals surface area contributed by atoms with Crippen LogP contribution in [-0.2, 0) is 5.41 Å². The highest BCUT2D eigenvalue weighted by Gasteiger charge is 2.50. The smallest absolute Gasteiger partial charge is 0.179 e. The second-order valence-electron chi connectivity index (χ2n) is 26.6. The van der Waals surface area contributed by atoms with Crippen LogP contribution in [0.25, 0.3) is 88.9 Å². The molecule has 4 nitrogen and oxygen atoms in total. The van der Waals surface area contributed by atoms with E-state index in [0.717, 1.165) is 100 Å². The van der Waals surface area contributed by atoms with Gasteiger partial charge >= 0.3 is 0 Å². The van der Waals surface area contributed by atoms with Gasteiger partial charge in [-0.3, -0.25) is 0 Å². The van der Waals surface area contributed by atoms with Crippen molar-refractivity contribution in [3.05, 3.63) is 423 Å². The second-order valence-corrected chi connectivity index (χ2v) is 34.3. The van der Waals surface area contributed by atoms with Crippen molar-refractivity contribution >= 4 is 101 Å². The Kier molecular flexibility index (Phi) is 14.4. The highest BCUT2D eigenvalue weighted by molar-refractivity contribution is 7.20. The third-order valence-corrected chi connectivity index (χ3v) is 31.0. The summed E-state index contributed by atoms with van der Waals surface area (Å²) in [5.41, 5.74) is 15.8. The molecule has 474 valence electrons. The fourth-order valence-electron chi connectivity index (χ4n) is 17.2. The Morgan fingerprint density at radius 3 is 0.772 bits per heavy atom. The van der Waals surface area contributed by atoms with Crippen LogP contribution in [0.5, 0.6) is 0 Å². The van der Waals surface area contributed by atoms with Crippen LogP contribution in [0.1, 0.15) is 22.3 Å². The number of hydrogen-bond donors (Lipinski definition) is 0. The number of fused-ring (bicyclic) bond motifs is 9. The molecule has 0 bridgehead atoms. The highest BCUT2D eigenvalue weighted by Crippen LogP contribution is 2.57. The van der Waals surface area contributed by atoms with Crippen molar-refractivity contribution in [2.75, 3.05) is 0 Å². The van der Waals surface area contributed by atoms with Crippen LogP contribution in [0.3, 0.4) is 0 Å². The molecule has 1 aliphatic carbocycles. The number of pyridine rings is 2. The Labute approximate surface area is 589 Å². The lowest BCUT2D eigenvalue weighted by Gasteiger charge is -2.34. The fourth-order valence-corrected chi connectivity index (χ4v) is 26.7. The molecule has 14 aromatic carbocycles. The molecule has 0 saturated carbocycles. The molecular weight excluding hydrogens is 1250 g/mol. The molecular formula is C95H66N4Si2. The van der Waals surface area contributed by atoms with Crippen LogP contribution in [0.15, 0.2) is 400 Å². The molecule has 4 heterocycles.